The Hall–Kier alpha value is -3.45. The molecule has 0 radical (unpaired) electrons. The Bertz CT molecular complexity index is 1280. The van der Waals surface area contributed by atoms with E-state index in [-0.39, 0.29) is 16.2 Å². The maximum atomic E-state index is 13.5. The van der Waals surface area contributed by atoms with Gasteiger partial charge in [-0.05, 0) is 76.2 Å². The fraction of sp³-hybridized carbons (Fsp3) is 0.321. The first-order chi connectivity index (χ1) is 16.6. The third-order valence-corrected chi connectivity index (χ3v) is 6.75. The number of rotatable bonds is 5. The molecule has 2 aromatic carbocycles. The van der Waals surface area contributed by atoms with E-state index in [9.17, 15) is 9.59 Å². The van der Waals surface area contributed by atoms with Crippen molar-refractivity contribution in [3.8, 4) is 5.75 Å². The summed E-state index contributed by atoms with van der Waals surface area (Å²) in [5.41, 5.74) is 5.46. The number of anilines is 2. The monoisotopic (exact) mass is 489 g/mol. The van der Waals surface area contributed by atoms with Crippen LogP contribution in [0.1, 0.15) is 50.8 Å². The molecule has 1 N–H and O–H groups in total. The standard InChI is InChI=1S/C28H31N3O3S/c1-7-12-30-23-15-24(34-6)19(13-21(23)18(3)16-28(30,4)5)14-22-25(32)29-27(35)31(26(22)33)20-10-8-17(2)9-11-20/h8-11,13-16H,7,12H2,1-6H3,(H,29,32,35)/b22-14-. The normalized spacial score (nSPS) is 18.4. The Balaban J connectivity index is 1.82. The first kappa shape index (κ1) is 24.7. The quantitative estimate of drug-likeness (QED) is 0.353. The van der Waals surface area contributed by atoms with Gasteiger partial charge in [0.1, 0.15) is 11.3 Å². The Morgan fingerprint density at radius 1 is 1.11 bits per heavy atom. The van der Waals surface area contributed by atoms with Gasteiger partial charge in [0, 0.05) is 29.4 Å². The summed E-state index contributed by atoms with van der Waals surface area (Å²) in [6.07, 6.45) is 4.86. The van der Waals surface area contributed by atoms with E-state index in [1.165, 1.54) is 4.90 Å². The average Bonchev–Trinajstić information content (AvgIpc) is 2.80. The van der Waals surface area contributed by atoms with Crippen LogP contribution in [-0.2, 0) is 9.59 Å². The summed E-state index contributed by atoms with van der Waals surface area (Å²) in [5, 5.41) is 2.72. The van der Waals surface area contributed by atoms with Crippen molar-refractivity contribution in [3.63, 3.8) is 0 Å². The van der Waals surface area contributed by atoms with Crippen molar-refractivity contribution in [2.24, 2.45) is 0 Å². The number of methoxy groups -OCH3 is 1. The Kier molecular flexibility index (Phi) is 6.56. The maximum Gasteiger partial charge on any atom is 0.270 e. The lowest BCUT2D eigenvalue weighted by molar-refractivity contribution is -0.122. The lowest BCUT2D eigenvalue weighted by atomic mass is 9.87. The van der Waals surface area contributed by atoms with Gasteiger partial charge in [-0.2, -0.15) is 0 Å². The zero-order chi connectivity index (χ0) is 25.5. The number of carbonyl (C=O) groups excluding carboxylic acids is 2. The topological polar surface area (TPSA) is 61.9 Å². The first-order valence-corrected chi connectivity index (χ1v) is 12.2. The van der Waals surface area contributed by atoms with E-state index in [1.54, 1.807) is 13.2 Å². The molecule has 0 unspecified atom stereocenters. The summed E-state index contributed by atoms with van der Waals surface area (Å²) in [7, 11) is 1.60. The molecule has 0 atom stereocenters. The SMILES string of the molecule is CCCN1c2cc(OC)c(/C=C3/C(=O)NC(=S)N(c4ccc(C)cc4)C3=O)cc2C(C)=CC1(C)C. The zero-order valence-electron chi connectivity index (χ0n) is 21.1. The van der Waals surface area contributed by atoms with E-state index >= 15 is 0 Å². The third kappa shape index (κ3) is 4.48. The minimum Gasteiger partial charge on any atom is -0.496 e. The molecular formula is C28H31N3O3S. The van der Waals surface area contributed by atoms with E-state index in [0.29, 0.717) is 17.0 Å². The van der Waals surface area contributed by atoms with E-state index in [2.05, 4.69) is 44.0 Å². The lowest BCUT2D eigenvalue weighted by Crippen LogP contribution is -2.54. The molecule has 6 nitrogen and oxygen atoms in total. The Morgan fingerprint density at radius 3 is 2.43 bits per heavy atom. The van der Waals surface area contributed by atoms with Gasteiger partial charge in [0.25, 0.3) is 11.8 Å². The molecule has 0 saturated carbocycles. The molecule has 182 valence electrons. The largest absolute Gasteiger partial charge is 0.496 e. The molecule has 0 bridgehead atoms. The highest BCUT2D eigenvalue weighted by Crippen LogP contribution is 2.43. The molecule has 0 aliphatic carbocycles. The van der Waals surface area contributed by atoms with Crippen molar-refractivity contribution in [1.29, 1.82) is 0 Å². The second-order valence-electron chi connectivity index (χ2n) is 9.54. The Labute approximate surface area is 212 Å². The highest BCUT2D eigenvalue weighted by molar-refractivity contribution is 7.80. The van der Waals surface area contributed by atoms with Crippen LogP contribution in [0.25, 0.3) is 11.6 Å². The van der Waals surface area contributed by atoms with Crippen molar-refractivity contribution >= 4 is 52.2 Å². The third-order valence-electron chi connectivity index (χ3n) is 6.47. The van der Waals surface area contributed by atoms with E-state index in [4.69, 9.17) is 17.0 Å². The summed E-state index contributed by atoms with van der Waals surface area (Å²) in [6, 6.07) is 11.4. The highest BCUT2D eigenvalue weighted by atomic mass is 32.1. The van der Waals surface area contributed by atoms with Crippen LogP contribution in [0.2, 0.25) is 0 Å². The van der Waals surface area contributed by atoms with Crippen LogP contribution in [0.3, 0.4) is 0 Å². The van der Waals surface area contributed by atoms with Crippen molar-refractivity contribution in [1.82, 2.24) is 5.32 Å². The minimum atomic E-state index is -0.524. The summed E-state index contributed by atoms with van der Waals surface area (Å²) in [6.45, 7) is 11.5. The molecule has 2 aromatic rings. The predicted octanol–water partition coefficient (Wildman–Crippen LogP) is 5.25. The predicted molar refractivity (Wildman–Crippen MR) is 146 cm³/mol. The molecule has 2 aliphatic rings. The smallest absolute Gasteiger partial charge is 0.270 e. The molecule has 0 aromatic heterocycles. The molecule has 2 amide bonds. The molecule has 2 aliphatic heterocycles. The van der Waals surface area contributed by atoms with Gasteiger partial charge in [-0.15, -0.1) is 0 Å². The molecule has 35 heavy (non-hydrogen) atoms. The number of benzene rings is 2. The second kappa shape index (κ2) is 9.30. The summed E-state index contributed by atoms with van der Waals surface area (Å²) in [5.74, 6) is -0.397. The number of aryl methyl sites for hydroxylation is 1. The molecule has 2 heterocycles. The van der Waals surface area contributed by atoms with Crippen LogP contribution >= 0.6 is 12.2 Å². The van der Waals surface area contributed by atoms with Crippen molar-refractivity contribution < 1.29 is 14.3 Å². The van der Waals surface area contributed by atoms with Crippen molar-refractivity contribution in [2.75, 3.05) is 23.5 Å². The first-order valence-electron chi connectivity index (χ1n) is 11.7. The second-order valence-corrected chi connectivity index (χ2v) is 9.92. The number of fused-ring (bicyclic) bond motifs is 1. The fourth-order valence-corrected chi connectivity index (χ4v) is 5.07. The van der Waals surface area contributed by atoms with Crippen LogP contribution in [0, 0.1) is 6.92 Å². The highest BCUT2D eigenvalue weighted by Gasteiger charge is 2.35. The zero-order valence-corrected chi connectivity index (χ0v) is 21.9. The van der Waals surface area contributed by atoms with Crippen molar-refractivity contribution in [3.05, 3.63) is 64.7 Å². The van der Waals surface area contributed by atoms with Gasteiger partial charge in [0.2, 0.25) is 0 Å². The summed E-state index contributed by atoms with van der Waals surface area (Å²) in [4.78, 5) is 30.0. The summed E-state index contributed by atoms with van der Waals surface area (Å²) < 4.78 is 5.73. The number of nitrogens with zero attached hydrogens (tertiary/aromatic N) is 2. The number of thiocarbonyl (C=S) groups is 1. The van der Waals surface area contributed by atoms with E-state index in [1.807, 2.05) is 43.3 Å². The minimum absolute atomic E-state index is 0.000566. The van der Waals surface area contributed by atoms with E-state index in [0.717, 1.165) is 35.4 Å². The molecule has 1 saturated heterocycles. The van der Waals surface area contributed by atoms with Gasteiger partial charge in [0.05, 0.1) is 18.3 Å². The van der Waals surface area contributed by atoms with Crippen LogP contribution < -0.4 is 19.9 Å². The van der Waals surface area contributed by atoms with Crippen LogP contribution in [0.4, 0.5) is 11.4 Å². The molecule has 1 fully saturated rings. The number of ether oxygens (including phenoxy) is 1. The number of hydrogen-bond donors (Lipinski definition) is 1. The molecule has 4 rings (SSSR count). The van der Waals surface area contributed by atoms with E-state index < -0.39 is 11.8 Å². The number of amides is 2. The molecule has 0 spiro atoms. The molecule has 7 heteroatoms. The lowest BCUT2D eigenvalue weighted by Gasteiger charge is -2.43. The number of allylic oxidation sites excluding steroid dienone is 1. The van der Waals surface area contributed by atoms with Gasteiger partial charge in [-0.3, -0.25) is 19.8 Å². The molecular weight excluding hydrogens is 458 g/mol. The number of hydrogen-bond acceptors (Lipinski definition) is 5. The average molecular weight is 490 g/mol. The summed E-state index contributed by atoms with van der Waals surface area (Å²) >= 11 is 5.33. The Morgan fingerprint density at radius 2 is 1.80 bits per heavy atom. The van der Waals surface area contributed by atoms with Crippen LogP contribution in [0.15, 0.2) is 48.0 Å². The van der Waals surface area contributed by atoms with Gasteiger partial charge in [-0.25, -0.2) is 0 Å². The number of carbonyl (C=O) groups is 2. The van der Waals surface area contributed by atoms with Gasteiger partial charge in [0.15, 0.2) is 5.11 Å². The maximum absolute atomic E-state index is 13.5. The van der Waals surface area contributed by atoms with Gasteiger partial charge < -0.3 is 9.64 Å². The van der Waals surface area contributed by atoms with Crippen LogP contribution in [-0.4, -0.2) is 36.1 Å². The fourth-order valence-electron chi connectivity index (χ4n) is 4.78. The number of nitrogens with one attached hydrogen (secondary N) is 1. The van der Waals surface area contributed by atoms with Crippen LogP contribution in [0.5, 0.6) is 5.75 Å². The van der Waals surface area contributed by atoms with Crippen molar-refractivity contribution in [2.45, 2.75) is 46.6 Å². The van der Waals surface area contributed by atoms with Gasteiger partial charge >= 0.3 is 0 Å². The van der Waals surface area contributed by atoms with Gasteiger partial charge in [-0.1, -0.05) is 30.7 Å².